The summed E-state index contributed by atoms with van der Waals surface area (Å²) in [5, 5.41) is 9.35. The van der Waals surface area contributed by atoms with Gasteiger partial charge in [0.05, 0.1) is 6.42 Å². The van der Waals surface area contributed by atoms with Gasteiger partial charge in [-0.05, 0) is 51.6 Å². The van der Waals surface area contributed by atoms with E-state index in [0.717, 1.165) is 13.1 Å². The van der Waals surface area contributed by atoms with Gasteiger partial charge in [-0.15, -0.1) is 0 Å². The van der Waals surface area contributed by atoms with Crippen LogP contribution in [0.25, 0.3) is 0 Å². The second kappa shape index (κ2) is 6.74. The average Bonchev–Trinajstić information content (AvgIpc) is 2.68. The van der Waals surface area contributed by atoms with Crippen molar-refractivity contribution < 1.29 is 9.90 Å². The standard InChI is InChI=1S/C16H29NO2/c1-16(13-15(18)19,14-9-5-4-6-10-14)17-11-7-2-3-8-12-17/h14H,2-13H2,1H3,(H,18,19). The molecule has 3 heteroatoms. The fourth-order valence-corrected chi connectivity index (χ4v) is 4.13. The van der Waals surface area contributed by atoms with Gasteiger partial charge in [-0.1, -0.05) is 32.1 Å². The maximum Gasteiger partial charge on any atom is 0.305 e. The highest BCUT2D eigenvalue weighted by molar-refractivity contribution is 5.68. The van der Waals surface area contributed by atoms with Gasteiger partial charge >= 0.3 is 5.97 Å². The summed E-state index contributed by atoms with van der Waals surface area (Å²) in [6.45, 7) is 4.42. The number of carboxylic acids is 1. The Labute approximate surface area is 117 Å². The zero-order valence-electron chi connectivity index (χ0n) is 12.4. The van der Waals surface area contributed by atoms with E-state index in [1.54, 1.807) is 0 Å². The fraction of sp³-hybridized carbons (Fsp3) is 0.938. The van der Waals surface area contributed by atoms with Crippen LogP contribution >= 0.6 is 0 Å². The zero-order chi connectivity index (χ0) is 13.7. The largest absolute Gasteiger partial charge is 0.481 e. The molecule has 2 aliphatic rings. The van der Waals surface area contributed by atoms with E-state index < -0.39 is 5.97 Å². The van der Waals surface area contributed by atoms with Crippen molar-refractivity contribution in [1.82, 2.24) is 4.90 Å². The topological polar surface area (TPSA) is 40.5 Å². The van der Waals surface area contributed by atoms with Gasteiger partial charge in [0.2, 0.25) is 0 Å². The molecule has 0 spiro atoms. The lowest BCUT2D eigenvalue weighted by Gasteiger charge is -2.47. The number of rotatable bonds is 4. The van der Waals surface area contributed by atoms with E-state index in [2.05, 4.69) is 11.8 Å². The van der Waals surface area contributed by atoms with Crippen molar-refractivity contribution >= 4 is 5.97 Å². The summed E-state index contributed by atoms with van der Waals surface area (Å²) in [5.41, 5.74) is -0.114. The fourth-order valence-electron chi connectivity index (χ4n) is 4.13. The summed E-state index contributed by atoms with van der Waals surface area (Å²) >= 11 is 0. The van der Waals surface area contributed by atoms with Gasteiger partial charge in [-0.3, -0.25) is 9.69 Å². The molecule has 1 atom stereocenters. The van der Waals surface area contributed by atoms with E-state index in [0.29, 0.717) is 12.3 Å². The number of likely N-dealkylation sites (tertiary alicyclic amines) is 1. The van der Waals surface area contributed by atoms with E-state index in [-0.39, 0.29) is 5.54 Å². The minimum absolute atomic E-state index is 0.114. The van der Waals surface area contributed by atoms with E-state index in [4.69, 9.17) is 0 Å². The molecule has 0 aromatic heterocycles. The van der Waals surface area contributed by atoms with Crippen molar-refractivity contribution in [2.75, 3.05) is 13.1 Å². The van der Waals surface area contributed by atoms with Crippen LogP contribution in [0.1, 0.15) is 71.1 Å². The molecular weight excluding hydrogens is 238 g/mol. The molecule has 1 heterocycles. The molecule has 0 amide bonds. The maximum absolute atomic E-state index is 11.4. The highest BCUT2D eigenvalue weighted by Gasteiger charge is 2.41. The Morgan fingerprint density at radius 1 is 1.05 bits per heavy atom. The van der Waals surface area contributed by atoms with Crippen molar-refractivity contribution in [3.63, 3.8) is 0 Å². The first kappa shape index (κ1) is 14.8. The Morgan fingerprint density at radius 3 is 2.11 bits per heavy atom. The second-order valence-electron chi connectivity index (χ2n) is 6.66. The number of nitrogens with zero attached hydrogens (tertiary/aromatic N) is 1. The smallest absolute Gasteiger partial charge is 0.305 e. The van der Waals surface area contributed by atoms with Crippen molar-refractivity contribution in [2.24, 2.45) is 5.92 Å². The molecule has 1 saturated heterocycles. The molecule has 2 fully saturated rings. The normalized spacial score (nSPS) is 26.6. The molecule has 3 nitrogen and oxygen atoms in total. The van der Waals surface area contributed by atoms with Crippen LogP contribution in [0.3, 0.4) is 0 Å². The Morgan fingerprint density at radius 2 is 1.58 bits per heavy atom. The first-order valence-electron chi connectivity index (χ1n) is 8.10. The van der Waals surface area contributed by atoms with Crippen LogP contribution in [0.4, 0.5) is 0 Å². The predicted molar refractivity (Wildman–Crippen MR) is 77.3 cm³/mol. The summed E-state index contributed by atoms with van der Waals surface area (Å²) in [6.07, 6.45) is 11.8. The molecular formula is C16H29NO2. The lowest BCUT2D eigenvalue weighted by atomic mass is 9.72. The molecule has 0 aromatic carbocycles. The lowest BCUT2D eigenvalue weighted by Crippen LogP contribution is -2.53. The molecule has 1 aliphatic heterocycles. The summed E-state index contributed by atoms with van der Waals surface area (Å²) in [5.74, 6) is -0.0484. The second-order valence-corrected chi connectivity index (χ2v) is 6.66. The van der Waals surface area contributed by atoms with Crippen LogP contribution in [-0.2, 0) is 4.79 Å². The van der Waals surface area contributed by atoms with E-state index in [1.807, 2.05) is 0 Å². The first-order valence-corrected chi connectivity index (χ1v) is 8.10. The van der Waals surface area contributed by atoms with Crippen LogP contribution in [0.2, 0.25) is 0 Å². The minimum atomic E-state index is -0.627. The quantitative estimate of drug-likeness (QED) is 0.844. The van der Waals surface area contributed by atoms with Crippen LogP contribution in [-0.4, -0.2) is 34.6 Å². The van der Waals surface area contributed by atoms with Gasteiger partial charge in [0.1, 0.15) is 0 Å². The molecule has 0 bridgehead atoms. The van der Waals surface area contributed by atoms with Gasteiger partial charge in [0, 0.05) is 5.54 Å². The van der Waals surface area contributed by atoms with Crippen molar-refractivity contribution in [2.45, 2.75) is 76.7 Å². The van der Waals surface area contributed by atoms with Crippen molar-refractivity contribution in [3.8, 4) is 0 Å². The molecule has 1 N–H and O–H groups in total. The number of hydrogen-bond acceptors (Lipinski definition) is 2. The van der Waals surface area contributed by atoms with Gasteiger partial charge in [-0.25, -0.2) is 0 Å². The third-order valence-electron chi connectivity index (χ3n) is 5.32. The summed E-state index contributed by atoms with van der Waals surface area (Å²) in [7, 11) is 0. The Bertz CT molecular complexity index is 291. The van der Waals surface area contributed by atoms with Crippen LogP contribution in [0.15, 0.2) is 0 Å². The number of hydrogen-bond donors (Lipinski definition) is 1. The molecule has 0 radical (unpaired) electrons. The third kappa shape index (κ3) is 3.71. The SMILES string of the molecule is CC(CC(=O)O)(C1CCCCC1)N1CCCCCC1. The number of carbonyl (C=O) groups is 1. The van der Waals surface area contributed by atoms with E-state index in [1.165, 1.54) is 57.8 Å². The van der Waals surface area contributed by atoms with E-state index in [9.17, 15) is 9.90 Å². The number of carboxylic acid groups (broad SMARTS) is 1. The van der Waals surface area contributed by atoms with Crippen LogP contribution in [0, 0.1) is 5.92 Å². The van der Waals surface area contributed by atoms with E-state index >= 15 is 0 Å². The Hall–Kier alpha value is -0.570. The highest BCUT2D eigenvalue weighted by atomic mass is 16.4. The van der Waals surface area contributed by atoms with Gasteiger partial charge < -0.3 is 5.11 Å². The summed E-state index contributed by atoms with van der Waals surface area (Å²) in [4.78, 5) is 13.9. The maximum atomic E-state index is 11.4. The molecule has 110 valence electrons. The monoisotopic (exact) mass is 267 g/mol. The molecule has 1 aliphatic carbocycles. The lowest BCUT2D eigenvalue weighted by molar-refractivity contribution is -0.142. The molecule has 2 rings (SSSR count). The summed E-state index contributed by atoms with van der Waals surface area (Å²) in [6, 6.07) is 0. The van der Waals surface area contributed by atoms with Crippen LogP contribution < -0.4 is 0 Å². The third-order valence-corrected chi connectivity index (χ3v) is 5.32. The first-order chi connectivity index (χ1) is 9.13. The summed E-state index contributed by atoms with van der Waals surface area (Å²) < 4.78 is 0. The Balaban J connectivity index is 2.13. The van der Waals surface area contributed by atoms with Crippen LogP contribution in [0.5, 0.6) is 0 Å². The van der Waals surface area contributed by atoms with Gasteiger partial charge in [-0.2, -0.15) is 0 Å². The molecule has 19 heavy (non-hydrogen) atoms. The highest BCUT2D eigenvalue weighted by Crippen LogP contribution is 2.39. The average molecular weight is 267 g/mol. The van der Waals surface area contributed by atoms with Crippen molar-refractivity contribution in [3.05, 3.63) is 0 Å². The predicted octanol–water partition coefficient (Wildman–Crippen LogP) is 3.68. The minimum Gasteiger partial charge on any atom is -0.481 e. The Kier molecular flexibility index (Phi) is 5.26. The molecule has 1 saturated carbocycles. The molecule has 1 unspecified atom stereocenters. The van der Waals surface area contributed by atoms with Gasteiger partial charge in [0.25, 0.3) is 0 Å². The van der Waals surface area contributed by atoms with Gasteiger partial charge in [0.15, 0.2) is 0 Å². The van der Waals surface area contributed by atoms with Crippen molar-refractivity contribution in [1.29, 1.82) is 0 Å². The zero-order valence-corrected chi connectivity index (χ0v) is 12.4. The number of aliphatic carboxylic acids is 1. The molecule has 0 aromatic rings.